The summed E-state index contributed by atoms with van der Waals surface area (Å²) in [6, 6.07) is 15.4. The van der Waals surface area contributed by atoms with Gasteiger partial charge in [0.1, 0.15) is 18.2 Å². The van der Waals surface area contributed by atoms with Crippen LogP contribution < -0.4 is 19.9 Å². The van der Waals surface area contributed by atoms with Crippen LogP contribution in [0.5, 0.6) is 0 Å². The zero-order valence-electron chi connectivity index (χ0n) is 26.2. The molecule has 3 aromatic rings. The number of nitrogens with zero attached hydrogens (tertiary/aromatic N) is 3. The fourth-order valence-electron chi connectivity index (χ4n) is 7.69. The number of hydrogen-bond donors (Lipinski definition) is 1. The molecule has 4 aliphatic heterocycles. The summed E-state index contributed by atoms with van der Waals surface area (Å²) in [4.78, 5) is 31.7. The van der Waals surface area contributed by atoms with Crippen LogP contribution in [0.15, 0.2) is 63.8 Å². The fraction of sp³-hybridized carbons (Fsp3) is 0.324. The van der Waals surface area contributed by atoms with Crippen LogP contribution in [0.2, 0.25) is 0 Å². The molecule has 0 aliphatic carbocycles. The SMILES string of the molecule is CCN1CCCc2cc3c4oc5cc6c(cc5c(-c5ccccc5C(=O)O)c-4c(=O)[n+](C)c3cc21)C(C)=CC(C)(C)N6CC. The molecule has 0 spiro atoms. The molecular formula is C37H38N3O4+. The number of carbonyl (C=O) groups is 1. The number of carboxylic acid groups (broad SMARTS) is 1. The Labute approximate surface area is 257 Å². The summed E-state index contributed by atoms with van der Waals surface area (Å²) in [7, 11) is 1.80. The van der Waals surface area contributed by atoms with E-state index in [1.807, 2.05) is 6.07 Å². The van der Waals surface area contributed by atoms with Crippen LogP contribution in [0.1, 0.15) is 62.5 Å². The van der Waals surface area contributed by atoms with E-state index in [0.717, 1.165) is 71.3 Å². The molecule has 0 amide bonds. The van der Waals surface area contributed by atoms with Crippen molar-refractivity contribution in [3.63, 3.8) is 0 Å². The first-order chi connectivity index (χ1) is 21.1. The topological polar surface area (TPSA) is 77.9 Å². The standard InChI is InChI=1S/C37H37N3O4/c1-7-39-15-11-12-22-16-26-29(18-28(22)39)38(6)35(41)33-32(23-13-9-10-14-24(23)36(42)43)27-17-25-21(3)20-37(4,5)40(8-2)30(25)19-31(27)44-34(26)33/h9-10,13-14,16-20H,7-8,11-12,15H2,1-6H3/p+1. The monoisotopic (exact) mass is 588 g/mol. The Kier molecular flexibility index (Phi) is 6.36. The highest BCUT2D eigenvalue weighted by Gasteiger charge is 2.35. The fourth-order valence-corrected chi connectivity index (χ4v) is 7.69. The first-order valence-electron chi connectivity index (χ1n) is 15.5. The predicted octanol–water partition coefficient (Wildman–Crippen LogP) is 7.04. The van der Waals surface area contributed by atoms with E-state index in [0.29, 0.717) is 28.0 Å². The van der Waals surface area contributed by atoms with Gasteiger partial charge in [-0.1, -0.05) is 24.3 Å². The molecule has 1 N–H and O–H groups in total. The molecule has 0 radical (unpaired) electrons. The first-order valence-corrected chi connectivity index (χ1v) is 15.5. The number of allylic oxidation sites excluding steroid dienone is 1. The first kappa shape index (κ1) is 28.1. The highest BCUT2D eigenvalue weighted by atomic mass is 16.4. The van der Waals surface area contributed by atoms with Crippen LogP contribution in [-0.4, -0.2) is 36.2 Å². The minimum Gasteiger partial charge on any atom is -0.478 e. The van der Waals surface area contributed by atoms with Crippen molar-refractivity contribution in [3.8, 4) is 22.5 Å². The molecule has 0 unspecified atom stereocenters. The molecular weight excluding hydrogens is 550 g/mol. The number of aromatic nitrogens is 1. The van der Waals surface area contributed by atoms with E-state index in [-0.39, 0.29) is 16.7 Å². The number of benzene rings is 3. The Hall–Kier alpha value is -4.65. The number of anilines is 2. The summed E-state index contributed by atoms with van der Waals surface area (Å²) in [5.41, 5.74) is 8.30. The Morgan fingerprint density at radius 1 is 1.00 bits per heavy atom. The van der Waals surface area contributed by atoms with E-state index < -0.39 is 5.97 Å². The molecule has 7 nitrogen and oxygen atoms in total. The summed E-state index contributed by atoms with van der Waals surface area (Å²) in [5.74, 6) is -0.547. The number of aromatic carboxylic acids is 1. The van der Waals surface area contributed by atoms with Gasteiger partial charge in [-0.25, -0.2) is 9.59 Å². The van der Waals surface area contributed by atoms with E-state index in [9.17, 15) is 14.7 Å². The lowest BCUT2D eigenvalue weighted by Crippen LogP contribution is -2.48. The lowest BCUT2D eigenvalue weighted by atomic mass is 9.85. The molecule has 44 heavy (non-hydrogen) atoms. The molecule has 0 saturated heterocycles. The van der Waals surface area contributed by atoms with E-state index in [1.54, 1.807) is 29.8 Å². The predicted molar refractivity (Wildman–Crippen MR) is 177 cm³/mol. The number of rotatable bonds is 4. The second-order valence-electron chi connectivity index (χ2n) is 12.7. The Morgan fingerprint density at radius 3 is 2.50 bits per heavy atom. The second-order valence-corrected chi connectivity index (χ2v) is 12.7. The van der Waals surface area contributed by atoms with Gasteiger partial charge in [-0.05, 0) is 82.4 Å². The largest absolute Gasteiger partial charge is 0.478 e. The molecule has 0 saturated carbocycles. The van der Waals surface area contributed by atoms with Crippen molar-refractivity contribution in [1.82, 2.24) is 0 Å². The normalized spacial score (nSPS) is 15.9. The summed E-state index contributed by atoms with van der Waals surface area (Å²) < 4.78 is 8.54. The Bertz CT molecular complexity index is 2090. The van der Waals surface area contributed by atoms with E-state index in [4.69, 9.17) is 4.42 Å². The maximum atomic E-state index is 14.4. The summed E-state index contributed by atoms with van der Waals surface area (Å²) >= 11 is 0. The number of pyridine rings is 1. The van der Waals surface area contributed by atoms with Crippen molar-refractivity contribution in [1.29, 1.82) is 0 Å². The molecule has 7 rings (SSSR count). The van der Waals surface area contributed by atoms with Gasteiger partial charge in [0, 0.05) is 59.7 Å². The van der Waals surface area contributed by atoms with Crippen LogP contribution in [0.4, 0.5) is 11.4 Å². The second kappa shape index (κ2) is 9.94. The lowest BCUT2D eigenvalue weighted by Gasteiger charge is -2.42. The Balaban J connectivity index is 1.69. The number of carboxylic acids is 1. The third-order valence-corrected chi connectivity index (χ3v) is 9.70. The van der Waals surface area contributed by atoms with Crippen LogP contribution >= 0.6 is 0 Å². The third kappa shape index (κ3) is 3.98. The minimum absolute atomic E-state index is 0.147. The summed E-state index contributed by atoms with van der Waals surface area (Å²) in [6.45, 7) is 13.5. The number of likely N-dealkylation sites (N-methyl/N-ethyl adjacent to an activating group) is 1. The van der Waals surface area contributed by atoms with Crippen molar-refractivity contribution >= 4 is 44.8 Å². The Morgan fingerprint density at radius 2 is 1.77 bits per heavy atom. The lowest BCUT2D eigenvalue weighted by molar-refractivity contribution is -0.658. The maximum Gasteiger partial charge on any atom is 0.424 e. The molecule has 224 valence electrons. The van der Waals surface area contributed by atoms with Crippen LogP contribution in [0, 0.1) is 0 Å². The zero-order chi connectivity index (χ0) is 31.1. The van der Waals surface area contributed by atoms with Crippen molar-refractivity contribution in [3.05, 3.63) is 81.7 Å². The molecule has 4 aliphatic rings. The minimum atomic E-state index is -1.04. The van der Waals surface area contributed by atoms with Crippen molar-refractivity contribution in [2.45, 2.75) is 53.0 Å². The molecule has 0 aromatic heterocycles. The molecule has 0 atom stereocenters. The van der Waals surface area contributed by atoms with Gasteiger partial charge in [-0.2, -0.15) is 4.57 Å². The third-order valence-electron chi connectivity index (χ3n) is 9.70. The van der Waals surface area contributed by atoms with Gasteiger partial charge >= 0.3 is 11.5 Å². The average Bonchev–Trinajstić information content (AvgIpc) is 3.00. The quantitative estimate of drug-likeness (QED) is 0.138. The van der Waals surface area contributed by atoms with E-state index >= 15 is 0 Å². The van der Waals surface area contributed by atoms with Crippen molar-refractivity contribution in [2.75, 3.05) is 29.4 Å². The van der Waals surface area contributed by atoms with Crippen LogP contribution in [-0.2, 0) is 13.5 Å². The number of fused-ring (bicyclic) bond motifs is 6. The molecule has 3 aromatic carbocycles. The average molecular weight is 589 g/mol. The van der Waals surface area contributed by atoms with Crippen LogP contribution in [0.3, 0.4) is 0 Å². The van der Waals surface area contributed by atoms with E-state index in [2.05, 4.69) is 74.8 Å². The van der Waals surface area contributed by atoms with Gasteiger partial charge in [0.05, 0.1) is 16.5 Å². The van der Waals surface area contributed by atoms with Gasteiger partial charge in [-0.3, -0.25) is 0 Å². The molecule has 0 fully saturated rings. The van der Waals surface area contributed by atoms with Gasteiger partial charge in [-0.15, -0.1) is 0 Å². The highest BCUT2D eigenvalue weighted by molar-refractivity contribution is 6.11. The number of hydrogen-bond acceptors (Lipinski definition) is 5. The van der Waals surface area contributed by atoms with Gasteiger partial charge in [0.25, 0.3) is 0 Å². The maximum absolute atomic E-state index is 14.4. The van der Waals surface area contributed by atoms with Gasteiger partial charge in [0.2, 0.25) is 5.52 Å². The molecule has 4 heterocycles. The van der Waals surface area contributed by atoms with E-state index in [1.165, 1.54) is 5.56 Å². The van der Waals surface area contributed by atoms with Crippen molar-refractivity contribution in [2.24, 2.45) is 7.05 Å². The number of aryl methyl sites for hydroxylation is 2. The van der Waals surface area contributed by atoms with Crippen molar-refractivity contribution < 1.29 is 18.9 Å². The smallest absolute Gasteiger partial charge is 0.424 e. The summed E-state index contributed by atoms with van der Waals surface area (Å²) in [6.07, 6.45) is 4.28. The summed E-state index contributed by atoms with van der Waals surface area (Å²) in [5, 5.41) is 11.9. The zero-order valence-corrected chi connectivity index (χ0v) is 26.2. The van der Waals surface area contributed by atoms with Crippen LogP contribution in [0.25, 0.3) is 49.9 Å². The highest BCUT2D eigenvalue weighted by Crippen LogP contribution is 2.47. The molecule has 0 bridgehead atoms. The van der Waals surface area contributed by atoms with Gasteiger partial charge < -0.3 is 19.3 Å². The molecule has 7 heteroatoms. The van der Waals surface area contributed by atoms with Gasteiger partial charge in [0.15, 0.2) is 5.76 Å².